The molecule has 1 amide bonds. The number of rotatable bonds is 3. The van der Waals surface area contributed by atoms with Gasteiger partial charge in [0.1, 0.15) is 25.5 Å². The van der Waals surface area contributed by atoms with Gasteiger partial charge in [0.05, 0.1) is 24.3 Å². The van der Waals surface area contributed by atoms with Gasteiger partial charge in [-0.1, -0.05) is 6.92 Å². The highest BCUT2D eigenvalue weighted by atomic mass is 16.2. The van der Waals surface area contributed by atoms with Crippen LogP contribution in [0.5, 0.6) is 0 Å². The van der Waals surface area contributed by atoms with Gasteiger partial charge in [-0.2, -0.15) is 5.26 Å². The van der Waals surface area contributed by atoms with E-state index in [4.69, 9.17) is 19.0 Å². The maximum Gasteiger partial charge on any atom is 0.236 e. The number of fused-ring (bicyclic) bond motifs is 1. The Morgan fingerprint density at radius 1 is 1.78 bits per heavy atom. The molecule has 1 N–H and O–H groups in total. The van der Waals surface area contributed by atoms with E-state index in [0.717, 1.165) is 4.90 Å². The number of piperidine rings is 1. The number of nitriles is 1. The van der Waals surface area contributed by atoms with Crippen LogP contribution in [0.2, 0.25) is 0 Å². The monoisotopic (exact) mass is 322 g/mol. The molecule has 120 valence electrons. The Labute approximate surface area is 149 Å². The summed E-state index contributed by atoms with van der Waals surface area (Å²) in [6.45, 7) is -2.84. The van der Waals surface area contributed by atoms with Gasteiger partial charge in [-0.3, -0.25) is 4.79 Å². The molecule has 1 saturated heterocycles. The molecule has 0 radical (unpaired) electrons. The summed E-state index contributed by atoms with van der Waals surface area (Å²) in [6, 6.07) is -1.72. The first-order valence-electron chi connectivity index (χ1n) is 11.8. The predicted octanol–water partition coefficient (Wildman–Crippen LogP) is 1.54. The molecule has 0 bridgehead atoms. The van der Waals surface area contributed by atoms with E-state index in [-0.39, 0.29) is 24.0 Å². The smallest absolute Gasteiger partial charge is 0.236 e. The second-order valence-corrected chi connectivity index (χ2v) is 5.02. The molecule has 2 atom stereocenters. The third-order valence-electron chi connectivity index (χ3n) is 3.67. The highest BCUT2D eigenvalue weighted by Crippen LogP contribution is 2.28. The second kappa shape index (κ2) is 6.24. The number of hydrogen-bond donors (Lipinski definition) is 1. The summed E-state index contributed by atoms with van der Waals surface area (Å²) >= 11 is 0. The van der Waals surface area contributed by atoms with E-state index in [1.807, 2.05) is 0 Å². The van der Waals surface area contributed by atoms with Crippen molar-refractivity contribution in [3.05, 3.63) is 18.5 Å². The summed E-state index contributed by atoms with van der Waals surface area (Å²) in [5.41, 5.74) is -0.172. The van der Waals surface area contributed by atoms with Crippen LogP contribution in [0, 0.1) is 17.2 Å². The van der Waals surface area contributed by atoms with Crippen LogP contribution in [0.15, 0.2) is 18.5 Å². The number of likely N-dealkylation sites (N-methyl/N-ethyl adjacent to an activating group) is 1. The first-order chi connectivity index (χ1) is 15.0. The molecule has 0 spiro atoms. The standard InChI is InChI=1S/C16H20N6O/c1-11-5-8-22(14(23)3-6-17)9-13(11)21(2)16-12-4-7-18-15(12)19-10-20-16/h4,7,10-11,13H,3,5,8-9H2,1-2H3,(H,18,19,20)/t11-,13+/m1/s1/i2D3,3D2,4D,7D,10D,11D,13D. The molecule has 3 rings (SSSR count). The van der Waals surface area contributed by atoms with Gasteiger partial charge in [-0.05, 0) is 18.4 Å². The van der Waals surface area contributed by atoms with Crippen molar-refractivity contribution in [1.82, 2.24) is 19.9 Å². The minimum absolute atomic E-state index is 0.172. The molecule has 1 fully saturated rings. The predicted molar refractivity (Wildman–Crippen MR) is 86.7 cm³/mol. The van der Waals surface area contributed by atoms with E-state index in [9.17, 15) is 4.79 Å². The van der Waals surface area contributed by atoms with Crippen LogP contribution in [0.25, 0.3) is 11.0 Å². The number of H-pyrrole nitrogens is 1. The van der Waals surface area contributed by atoms with E-state index in [1.54, 1.807) is 0 Å². The number of likely N-dealkylation sites (tertiary alicyclic amines) is 1. The van der Waals surface area contributed by atoms with E-state index >= 15 is 0 Å². The quantitative estimate of drug-likeness (QED) is 0.926. The van der Waals surface area contributed by atoms with Crippen molar-refractivity contribution in [2.24, 2.45) is 5.89 Å². The number of nitrogens with zero attached hydrogens (tertiary/aromatic N) is 5. The van der Waals surface area contributed by atoms with E-state index in [1.165, 1.54) is 13.0 Å². The second-order valence-electron chi connectivity index (χ2n) is 5.02. The lowest BCUT2D eigenvalue weighted by Crippen LogP contribution is -2.52. The van der Waals surface area contributed by atoms with Crippen LogP contribution in [0.4, 0.5) is 5.82 Å². The number of aromatic amines is 1. The Balaban J connectivity index is 2.27. The van der Waals surface area contributed by atoms with E-state index in [2.05, 4.69) is 15.0 Å². The molecule has 0 unspecified atom stereocenters. The molecule has 2 aromatic rings. The molecule has 2 aromatic heterocycles. The summed E-state index contributed by atoms with van der Waals surface area (Å²) in [5.74, 6) is -3.68. The Morgan fingerprint density at radius 2 is 2.65 bits per heavy atom. The Bertz CT molecular complexity index is 1160. The number of nitrogens with one attached hydrogen (secondary N) is 1. The molecule has 1 aliphatic rings. The van der Waals surface area contributed by atoms with Gasteiger partial charge >= 0.3 is 0 Å². The van der Waals surface area contributed by atoms with Crippen LogP contribution in [-0.2, 0) is 4.79 Å². The number of anilines is 1. The summed E-state index contributed by atoms with van der Waals surface area (Å²) in [6.07, 6.45) is -4.24. The largest absolute Gasteiger partial charge is 0.354 e. The van der Waals surface area contributed by atoms with Crippen molar-refractivity contribution >= 4 is 22.8 Å². The summed E-state index contributed by atoms with van der Waals surface area (Å²) in [7, 11) is 0. The number of aromatic nitrogens is 3. The molecule has 7 nitrogen and oxygen atoms in total. The fourth-order valence-electron chi connectivity index (χ4n) is 2.39. The van der Waals surface area contributed by atoms with Crippen molar-refractivity contribution < 1.29 is 18.5 Å². The molecular formula is C16H20N6O. The van der Waals surface area contributed by atoms with Gasteiger partial charge in [0, 0.05) is 31.7 Å². The summed E-state index contributed by atoms with van der Waals surface area (Å²) in [4.78, 5) is 23.9. The molecule has 0 aliphatic carbocycles. The molecule has 0 saturated carbocycles. The van der Waals surface area contributed by atoms with Crippen LogP contribution < -0.4 is 4.90 Å². The average molecular weight is 322 g/mol. The van der Waals surface area contributed by atoms with Crippen molar-refractivity contribution in [2.45, 2.75) is 25.7 Å². The summed E-state index contributed by atoms with van der Waals surface area (Å²) < 4.78 is 81.2. The van der Waals surface area contributed by atoms with Gasteiger partial charge in [0.15, 0.2) is 0 Å². The van der Waals surface area contributed by atoms with Crippen LogP contribution in [0.1, 0.15) is 33.4 Å². The fraction of sp³-hybridized carbons (Fsp3) is 0.500. The maximum atomic E-state index is 12.6. The lowest BCUT2D eigenvalue weighted by molar-refractivity contribution is -0.131. The number of carbonyl (C=O) groups excluding carboxylic acids is 1. The molecule has 7 heteroatoms. The van der Waals surface area contributed by atoms with Gasteiger partial charge < -0.3 is 14.8 Å². The third kappa shape index (κ3) is 2.84. The third-order valence-corrected chi connectivity index (χ3v) is 3.67. The minimum atomic E-state index is -3.16. The van der Waals surface area contributed by atoms with Crippen molar-refractivity contribution in [3.63, 3.8) is 0 Å². The Kier molecular flexibility index (Phi) is 1.98. The first-order valence-corrected chi connectivity index (χ1v) is 6.81. The normalized spacial score (nSPS) is 35.0. The molecular weight excluding hydrogens is 292 g/mol. The zero-order valence-corrected chi connectivity index (χ0v) is 12.3. The zero-order valence-electron chi connectivity index (χ0n) is 22.3. The maximum absolute atomic E-state index is 12.6. The van der Waals surface area contributed by atoms with Gasteiger partial charge in [-0.25, -0.2) is 9.97 Å². The van der Waals surface area contributed by atoms with Crippen molar-refractivity contribution in [2.75, 3.05) is 25.0 Å². The molecule has 23 heavy (non-hydrogen) atoms. The summed E-state index contributed by atoms with van der Waals surface area (Å²) in [5, 5.41) is 8.74. The molecule has 3 heterocycles. The van der Waals surface area contributed by atoms with Crippen LogP contribution >= 0.6 is 0 Å². The number of carbonyl (C=O) groups is 1. The lowest BCUT2D eigenvalue weighted by atomic mass is 9.92. The Morgan fingerprint density at radius 3 is 3.43 bits per heavy atom. The van der Waals surface area contributed by atoms with Crippen molar-refractivity contribution in [3.8, 4) is 6.07 Å². The van der Waals surface area contributed by atoms with Crippen LogP contribution in [0.3, 0.4) is 0 Å². The van der Waals surface area contributed by atoms with Crippen molar-refractivity contribution in [1.29, 1.82) is 5.26 Å². The number of amides is 1. The number of hydrogen-bond acceptors (Lipinski definition) is 5. The SMILES string of the molecule is [2H]c1nc(N(C([2H])([2H])[2H])[C@@]2([2H])CN(C(=O)C([2H])([2H])C#N)CC[C@@]2([2H])C)c2c([2H])c([2H])[nH]c2n1. The first kappa shape index (κ1) is 7.30. The highest BCUT2D eigenvalue weighted by molar-refractivity contribution is 5.87. The lowest BCUT2D eigenvalue weighted by Gasteiger charge is -2.42. The van der Waals surface area contributed by atoms with Gasteiger partial charge in [-0.15, -0.1) is 0 Å². The zero-order chi connectivity index (χ0) is 25.1. The van der Waals surface area contributed by atoms with Gasteiger partial charge in [0.25, 0.3) is 0 Å². The highest BCUT2D eigenvalue weighted by Gasteiger charge is 2.32. The van der Waals surface area contributed by atoms with E-state index < -0.39 is 62.0 Å². The minimum Gasteiger partial charge on any atom is -0.354 e. The molecule has 1 aliphatic heterocycles. The average Bonchev–Trinajstić information content (AvgIpc) is 2.96. The fourth-order valence-corrected chi connectivity index (χ4v) is 2.39. The van der Waals surface area contributed by atoms with E-state index in [0.29, 0.717) is 4.90 Å². The van der Waals surface area contributed by atoms with Gasteiger partial charge in [0.2, 0.25) is 5.91 Å². The Hall–Kier alpha value is -2.62. The molecule has 0 aromatic carbocycles. The topological polar surface area (TPSA) is 88.9 Å². The van der Waals surface area contributed by atoms with Crippen LogP contribution in [-0.4, -0.2) is 51.8 Å².